The van der Waals surface area contributed by atoms with Crippen molar-refractivity contribution in [2.75, 3.05) is 36.4 Å². The number of pyridine rings is 1. The predicted octanol–water partition coefficient (Wildman–Crippen LogP) is 4.32. The first-order valence-corrected chi connectivity index (χ1v) is 10.7. The van der Waals surface area contributed by atoms with Gasteiger partial charge in [0.05, 0.1) is 0 Å². The number of carbonyl (C=O) groups excluding carboxylic acids is 1. The van der Waals surface area contributed by atoms with Gasteiger partial charge in [0.15, 0.2) is 0 Å². The number of anilines is 2. The molecule has 4 rings (SSSR count). The van der Waals surface area contributed by atoms with Crippen molar-refractivity contribution >= 4 is 17.3 Å². The van der Waals surface area contributed by atoms with E-state index in [1.54, 1.807) is 18.3 Å². The minimum Gasteiger partial charge on any atom is -0.382 e. The van der Waals surface area contributed by atoms with Crippen LogP contribution in [0.1, 0.15) is 49.0 Å². The van der Waals surface area contributed by atoms with Crippen LogP contribution in [-0.2, 0) is 0 Å². The van der Waals surface area contributed by atoms with Crippen LogP contribution in [0.25, 0.3) is 0 Å². The first-order chi connectivity index (χ1) is 14.2. The highest BCUT2D eigenvalue weighted by atomic mass is 19.1. The first kappa shape index (κ1) is 19.7. The molecule has 6 heteroatoms. The highest BCUT2D eigenvalue weighted by Gasteiger charge is 2.23. The van der Waals surface area contributed by atoms with E-state index in [1.807, 2.05) is 17.0 Å². The van der Waals surface area contributed by atoms with Gasteiger partial charge < -0.3 is 15.1 Å². The number of piperazine rings is 1. The van der Waals surface area contributed by atoms with Crippen LogP contribution in [0.5, 0.6) is 0 Å². The summed E-state index contributed by atoms with van der Waals surface area (Å²) >= 11 is 0. The standard InChI is InChI=1S/C23H29FN4O/c24-18-7-9-21(10-8-18)27-13-15-28(16-14-27)23(29)22-17-20(11-12-25-22)26-19-5-3-1-2-4-6-19/h7-12,17,19H,1-6,13-16H2,(H,25,26). The van der Waals surface area contributed by atoms with Gasteiger partial charge in [-0.15, -0.1) is 0 Å². The summed E-state index contributed by atoms with van der Waals surface area (Å²) in [5.74, 6) is -0.251. The fourth-order valence-corrected chi connectivity index (χ4v) is 4.28. The molecule has 1 aromatic heterocycles. The predicted molar refractivity (Wildman–Crippen MR) is 114 cm³/mol. The van der Waals surface area contributed by atoms with Gasteiger partial charge in [0.2, 0.25) is 0 Å². The molecule has 1 N–H and O–H groups in total. The molecule has 29 heavy (non-hydrogen) atoms. The van der Waals surface area contributed by atoms with Crippen LogP contribution in [0.2, 0.25) is 0 Å². The number of benzene rings is 1. The highest BCUT2D eigenvalue weighted by Crippen LogP contribution is 2.22. The lowest BCUT2D eigenvalue weighted by Gasteiger charge is -2.36. The van der Waals surface area contributed by atoms with Crippen LogP contribution in [0.3, 0.4) is 0 Å². The number of amides is 1. The molecule has 0 atom stereocenters. The van der Waals surface area contributed by atoms with E-state index in [9.17, 15) is 9.18 Å². The third-order valence-electron chi connectivity index (χ3n) is 5.96. The zero-order valence-electron chi connectivity index (χ0n) is 16.8. The van der Waals surface area contributed by atoms with E-state index in [2.05, 4.69) is 15.2 Å². The number of aromatic nitrogens is 1. The van der Waals surface area contributed by atoms with Gasteiger partial charge in [-0.05, 0) is 49.2 Å². The molecule has 1 aliphatic carbocycles. The second kappa shape index (κ2) is 9.25. The number of hydrogen-bond donors (Lipinski definition) is 1. The molecule has 1 saturated heterocycles. The van der Waals surface area contributed by atoms with Crippen molar-refractivity contribution in [3.05, 3.63) is 54.1 Å². The Balaban J connectivity index is 1.35. The lowest BCUT2D eigenvalue weighted by molar-refractivity contribution is 0.0741. The lowest BCUT2D eigenvalue weighted by Crippen LogP contribution is -2.49. The molecular formula is C23H29FN4O. The van der Waals surface area contributed by atoms with Crippen LogP contribution in [0, 0.1) is 5.82 Å². The normalized spacial score (nSPS) is 18.4. The molecule has 0 unspecified atom stereocenters. The van der Waals surface area contributed by atoms with E-state index in [-0.39, 0.29) is 11.7 Å². The molecule has 2 fully saturated rings. The van der Waals surface area contributed by atoms with Crippen LogP contribution < -0.4 is 10.2 Å². The summed E-state index contributed by atoms with van der Waals surface area (Å²) in [7, 11) is 0. The van der Waals surface area contributed by atoms with E-state index < -0.39 is 0 Å². The summed E-state index contributed by atoms with van der Waals surface area (Å²) in [6.07, 6.45) is 9.29. The van der Waals surface area contributed by atoms with E-state index in [0.29, 0.717) is 24.8 Å². The fourth-order valence-electron chi connectivity index (χ4n) is 4.28. The zero-order chi connectivity index (χ0) is 20.1. The minimum absolute atomic E-state index is 0.0201. The van der Waals surface area contributed by atoms with Crippen molar-refractivity contribution in [2.24, 2.45) is 0 Å². The summed E-state index contributed by atoms with van der Waals surface area (Å²) in [6.45, 7) is 2.74. The molecule has 0 radical (unpaired) electrons. The van der Waals surface area contributed by atoms with Gasteiger partial charge in [-0.2, -0.15) is 0 Å². The zero-order valence-corrected chi connectivity index (χ0v) is 16.8. The fraction of sp³-hybridized carbons (Fsp3) is 0.478. The second-order valence-electron chi connectivity index (χ2n) is 8.02. The molecule has 0 spiro atoms. The van der Waals surface area contributed by atoms with E-state index >= 15 is 0 Å². The number of halogens is 1. The van der Waals surface area contributed by atoms with Crippen LogP contribution in [-0.4, -0.2) is 48.0 Å². The number of rotatable bonds is 4. The second-order valence-corrected chi connectivity index (χ2v) is 8.02. The SMILES string of the molecule is O=C(c1cc(NC2CCCCCC2)ccn1)N1CCN(c2ccc(F)cc2)CC1. The number of hydrogen-bond acceptors (Lipinski definition) is 4. The van der Waals surface area contributed by atoms with E-state index in [0.717, 1.165) is 24.5 Å². The topological polar surface area (TPSA) is 48.5 Å². The largest absolute Gasteiger partial charge is 0.382 e. The summed E-state index contributed by atoms with van der Waals surface area (Å²) in [6, 6.07) is 10.9. The molecule has 2 aliphatic rings. The highest BCUT2D eigenvalue weighted by molar-refractivity contribution is 5.93. The number of nitrogens with one attached hydrogen (secondary N) is 1. The van der Waals surface area contributed by atoms with Crippen molar-refractivity contribution in [1.29, 1.82) is 0 Å². The van der Waals surface area contributed by atoms with Gasteiger partial charge >= 0.3 is 0 Å². The Kier molecular flexibility index (Phi) is 6.27. The average molecular weight is 397 g/mol. The van der Waals surface area contributed by atoms with Gasteiger partial charge in [-0.3, -0.25) is 9.78 Å². The molecule has 5 nitrogen and oxygen atoms in total. The van der Waals surface area contributed by atoms with Crippen molar-refractivity contribution < 1.29 is 9.18 Å². The Hall–Kier alpha value is -2.63. The van der Waals surface area contributed by atoms with Crippen LogP contribution in [0.15, 0.2) is 42.6 Å². The van der Waals surface area contributed by atoms with Gasteiger partial charge in [0, 0.05) is 49.8 Å². The van der Waals surface area contributed by atoms with Gasteiger partial charge in [0.1, 0.15) is 11.5 Å². The maximum absolute atomic E-state index is 13.1. The van der Waals surface area contributed by atoms with Crippen molar-refractivity contribution in [3.63, 3.8) is 0 Å². The van der Waals surface area contributed by atoms with Gasteiger partial charge in [-0.1, -0.05) is 25.7 Å². The Morgan fingerprint density at radius 2 is 1.66 bits per heavy atom. The Morgan fingerprint density at radius 3 is 2.34 bits per heavy atom. The molecule has 1 saturated carbocycles. The monoisotopic (exact) mass is 396 g/mol. The molecule has 0 bridgehead atoms. The molecule has 2 aromatic rings. The maximum Gasteiger partial charge on any atom is 0.272 e. The summed E-state index contributed by atoms with van der Waals surface area (Å²) in [5.41, 5.74) is 2.48. The molecule has 2 heterocycles. The Morgan fingerprint density at radius 1 is 0.966 bits per heavy atom. The average Bonchev–Trinajstić information content (AvgIpc) is 3.03. The maximum atomic E-state index is 13.1. The third-order valence-corrected chi connectivity index (χ3v) is 5.96. The molecular weight excluding hydrogens is 367 g/mol. The number of nitrogens with zero attached hydrogens (tertiary/aromatic N) is 3. The molecule has 1 aliphatic heterocycles. The lowest BCUT2D eigenvalue weighted by atomic mass is 10.1. The Labute approximate surface area is 171 Å². The third kappa shape index (κ3) is 5.05. The minimum atomic E-state index is -0.231. The first-order valence-electron chi connectivity index (χ1n) is 10.7. The quantitative estimate of drug-likeness (QED) is 0.782. The van der Waals surface area contributed by atoms with E-state index in [4.69, 9.17) is 0 Å². The molecule has 1 aromatic carbocycles. The van der Waals surface area contributed by atoms with Crippen LogP contribution in [0.4, 0.5) is 15.8 Å². The van der Waals surface area contributed by atoms with Gasteiger partial charge in [-0.25, -0.2) is 4.39 Å². The van der Waals surface area contributed by atoms with Crippen molar-refractivity contribution in [3.8, 4) is 0 Å². The van der Waals surface area contributed by atoms with E-state index in [1.165, 1.54) is 50.7 Å². The summed E-state index contributed by atoms with van der Waals surface area (Å²) in [4.78, 5) is 21.3. The smallest absolute Gasteiger partial charge is 0.272 e. The van der Waals surface area contributed by atoms with Crippen molar-refractivity contribution in [2.45, 2.75) is 44.6 Å². The summed E-state index contributed by atoms with van der Waals surface area (Å²) < 4.78 is 13.1. The van der Waals surface area contributed by atoms with Crippen LogP contribution >= 0.6 is 0 Å². The number of carbonyl (C=O) groups is 1. The van der Waals surface area contributed by atoms with Gasteiger partial charge in [0.25, 0.3) is 5.91 Å². The molecule has 154 valence electrons. The van der Waals surface area contributed by atoms with Crippen molar-refractivity contribution in [1.82, 2.24) is 9.88 Å². The Bertz CT molecular complexity index is 810. The molecule has 1 amide bonds. The summed E-state index contributed by atoms with van der Waals surface area (Å²) in [5, 5.41) is 3.60.